The van der Waals surface area contributed by atoms with Crippen molar-refractivity contribution in [2.24, 2.45) is 0 Å². The van der Waals surface area contributed by atoms with Gasteiger partial charge in [-0.1, -0.05) is 0 Å². The van der Waals surface area contributed by atoms with E-state index < -0.39 is 5.82 Å². The first-order valence-corrected chi connectivity index (χ1v) is 7.66. The van der Waals surface area contributed by atoms with Crippen molar-refractivity contribution >= 4 is 11.2 Å². The van der Waals surface area contributed by atoms with Crippen LogP contribution in [-0.4, -0.2) is 41.3 Å². The Morgan fingerprint density at radius 2 is 2.20 bits per heavy atom. The number of nitrogens with zero attached hydrogens (tertiary/aromatic N) is 6. The molecule has 0 fully saturated rings. The minimum atomic E-state index is -0.435. The quantitative estimate of drug-likeness (QED) is 0.599. The van der Waals surface area contributed by atoms with Crippen LogP contribution >= 0.6 is 0 Å². The van der Waals surface area contributed by atoms with Gasteiger partial charge in [-0.2, -0.15) is 0 Å². The molecule has 0 amide bonds. The van der Waals surface area contributed by atoms with Gasteiger partial charge in [0.1, 0.15) is 17.9 Å². The van der Waals surface area contributed by atoms with Gasteiger partial charge >= 0.3 is 0 Å². The topological polar surface area (TPSA) is 94.4 Å². The molecule has 4 aromatic rings. The van der Waals surface area contributed by atoms with Crippen LogP contribution in [0.2, 0.25) is 0 Å². The standard InChI is InChI=1S/C16H14FN7O/c1-10(7-24-9-20-22-23-24)25-15-6-11(2-3-12(15)17)13-4-5-14-16(21-13)19-8-18-14/h2-6,8-10H,7H2,1H3,(H,18,19,21)/t10-/m0/s1. The van der Waals surface area contributed by atoms with E-state index in [4.69, 9.17) is 4.74 Å². The Labute approximate surface area is 141 Å². The molecule has 1 aromatic carbocycles. The van der Waals surface area contributed by atoms with Crippen LogP contribution in [0.4, 0.5) is 4.39 Å². The fourth-order valence-electron chi connectivity index (χ4n) is 2.52. The van der Waals surface area contributed by atoms with Crippen LogP contribution in [0.1, 0.15) is 6.92 Å². The van der Waals surface area contributed by atoms with Gasteiger partial charge in [0.2, 0.25) is 0 Å². The number of imidazole rings is 1. The molecule has 1 N–H and O–H groups in total. The zero-order chi connectivity index (χ0) is 17.2. The van der Waals surface area contributed by atoms with Crippen molar-refractivity contribution < 1.29 is 9.13 Å². The van der Waals surface area contributed by atoms with Crippen molar-refractivity contribution in [1.29, 1.82) is 0 Å². The predicted molar refractivity (Wildman–Crippen MR) is 87.2 cm³/mol. The second kappa shape index (κ2) is 6.27. The van der Waals surface area contributed by atoms with Gasteiger partial charge in [0.25, 0.3) is 0 Å². The molecule has 3 aromatic heterocycles. The number of hydrogen-bond acceptors (Lipinski definition) is 6. The lowest BCUT2D eigenvalue weighted by molar-refractivity contribution is 0.185. The molecular weight excluding hydrogens is 325 g/mol. The highest BCUT2D eigenvalue weighted by Gasteiger charge is 2.12. The lowest BCUT2D eigenvalue weighted by Crippen LogP contribution is -2.20. The summed E-state index contributed by atoms with van der Waals surface area (Å²) in [4.78, 5) is 11.6. The molecule has 0 unspecified atom stereocenters. The van der Waals surface area contributed by atoms with Crippen LogP contribution in [0.5, 0.6) is 5.75 Å². The molecule has 3 heterocycles. The maximum absolute atomic E-state index is 14.1. The van der Waals surface area contributed by atoms with Gasteiger partial charge in [-0.25, -0.2) is 19.0 Å². The lowest BCUT2D eigenvalue weighted by atomic mass is 10.1. The van der Waals surface area contributed by atoms with Gasteiger partial charge in [0.05, 0.1) is 18.6 Å². The molecule has 1 atom stereocenters. The Kier molecular flexibility index (Phi) is 3.81. The summed E-state index contributed by atoms with van der Waals surface area (Å²) < 4.78 is 21.4. The van der Waals surface area contributed by atoms with E-state index in [0.29, 0.717) is 17.9 Å². The minimum absolute atomic E-state index is 0.157. The number of H-pyrrole nitrogens is 1. The first kappa shape index (κ1) is 15.2. The van der Waals surface area contributed by atoms with Crippen LogP contribution in [0.25, 0.3) is 22.4 Å². The van der Waals surface area contributed by atoms with E-state index in [1.54, 1.807) is 18.5 Å². The number of rotatable bonds is 5. The monoisotopic (exact) mass is 339 g/mol. The van der Waals surface area contributed by atoms with E-state index in [-0.39, 0.29) is 11.9 Å². The number of pyridine rings is 1. The number of ether oxygens (including phenoxy) is 1. The molecule has 0 aliphatic heterocycles. The number of aromatic amines is 1. The molecule has 0 saturated carbocycles. The average Bonchev–Trinajstić information content (AvgIpc) is 3.27. The average molecular weight is 339 g/mol. The Morgan fingerprint density at radius 3 is 3.04 bits per heavy atom. The van der Waals surface area contributed by atoms with Gasteiger partial charge in [-0.15, -0.1) is 5.10 Å². The summed E-state index contributed by atoms with van der Waals surface area (Å²) in [6.07, 6.45) is 2.76. The van der Waals surface area contributed by atoms with Gasteiger partial charge < -0.3 is 9.72 Å². The first-order valence-electron chi connectivity index (χ1n) is 7.66. The van der Waals surface area contributed by atoms with E-state index in [2.05, 4.69) is 30.5 Å². The number of aromatic nitrogens is 7. The summed E-state index contributed by atoms with van der Waals surface area (Å²) in [5.74, 6) is -0.278. The van der Waals surface area contributed by atoms with E-state index in [1.807, 2.05) is 19.1 Å². The number of halogens is 1. The second-order valence-corrected chi connectivity index (χ2v) is 5.57. The second-order valence-electron chi connectivity index (χ2n) is 5.57. The van der Waals surface area contributed by atoms with Gasteiger partial charge in [0.15, 0.2) is 17.2 Å². The largest absolute Gasteiger partial charge is 0.486 e. The van der Waals surface area contributed by atoms with Crippen LogP contribution in [0, 0.1) is 5.82 Å². The third-order valence-corrected chi connectivity index (χ3v) is 3.67. The van der Waals surface area contributed by atoms with Crippen molar-refractivity contribution in [3.63, 3.8) is 0 Å². The van der Waals surface area contributed by atoms with Crippen LogP contribution < -0.4 is 4.74 Å². The Morgan fingerprint density at radius 1 is 1.28 bits per heavy atom. The fraction of sp³-hybridized carbons (Fsp3) is 0.188. The summed E-state index contributed by atoms with van der Waals surface area (Å²) >= 11 is 0. The van der Waals surface area contributed by atoms with Crippen molar-refractivity contribution in [2.75, 3.05) is 0 Å². The van der Waals surface area contributed by atoms with E-state index in [1.165, 1.54) is 17.1 Å². The Bertz CT molecular complexity index is 999. The van der Waals surface area contributed by atoms with E-state index in [9.17, 15) is 4.39 Å². The lowest BCUT2D eigenvalue weighted by Gasteiger charge is -2.15. The predicted octanol–water partition coefficient (Wildman–Crippen LogP) is 2.22. The van der Waals surface area contributed by atoms with Crippen LogP contribution in [-0.2, 0) is 6.54 Å². The Hall–Kier alpha value is -3.36. The summed E-state index contributed by atoms with van der Waals surface area (Å²) in [5, 5.41) is 10.9. The van der Waals surface area contributed by atoms with Crippen molar-refractivity contribution in [2.45, 2.75) is 19.6 Å². The molecule has 0 aliphatic rings. The van der Waals surface area contributed by atoms with E-state index >= 15 is 0 Å². The molecular formula is C16H14FN7O. The van der Waals surface area contributed by atoms with E-state index in [0.717, 1.165) is 11.1 Å². The zero-order valence-electron chi connectivity index (χ0n) is 13.3. The fourth-order valence-corrected chi connectivity index (χ4v) is 2.52. The molecule has 0 bridgehead atoms. The molecule has 8 nitrogen and oxygen atoms in total. The maximum atomic E-state index is 14.1. The molecule has 9 heteroatoms. The zero-order valence-corrected chi connectivity index (χ0v) is 13.3. The molecule has 0 spiro atoms. The Balaban J connectivity index is 1.59. The first-order chi connectivity index (χ1) is 12.2. The van der Waals surface area contributed by atoms with Gasteiger partial charge in [0, 0.05) is 5.56 Å². The number of nitrogens with one attached hydrogen (secondary N) is 1. The van der Waals surface area contributed by atoms with Crippen LogP contribution in [0.3, 0.4) is 0 Å². The summed E-state index contributed by atoms with van der Waals surface area (Å²) in [6.45, 7) is 2.23. The maximum Gasteiger partial charge on any atom is 0.165 e. The van der Waals surface area contributed by atoms with Crippen LogP contribution in [0.15, 0.2) is 43.0 Å². The van der Waals surface area contributed by atoms with Crippen molar-refractivity contribution in [3.8, 4) is 17.0 Å². The number of benzene rings is 1. The van der Waals surface area contributed by atoms with Crippen molar-refractivity contribution in [1.82, 2.24) is 35.2 Å². The summed E-state index contributed by atoms with van der Waals surface area (Å²) in [7, 11) is 0. The van der Waals surface area contributed by atoms with Crippen molar-refractivity contribution in [3.05, 3.63) is 48.8 Å². The SMILES string of the molecule is C[C@@H](Cn1cnnn1)Oc1cc(-c2ccc3nc[nH]c3n2)ccc1F. The smallest absolute Gasteiger partial charge is 0.165 e. The number of hydrogen-bond donors (Lipinski definition) is 1. The highest BCUT2D eigenvalue weighted by molar-refractivity contribution is 5.75. The normalized spacial score (nSPS) is 12.4. The van der Waals surface area contributed by atoms with Gasteiger partial charge in [-0.05, 0) is 47.7 Å². The summed E-state index contributed by atoms with van der Waals surface area (Å²) in [5.41, 5.74) is 2.91. The van der Waals surface area contributed by atoms with Gasteiger partial charge in [-0.3, -0.25) is 0 Å². The number of tetrazole rings is 1. The molecule has 0 radical (unpaired) electrons. The third kappa shape index (κ3) is 3.16. The minimum Gasteiger partial charge on any atom is -0.486 e. The highest BCUT2D eigenvalue weighted by atomic mass is 19.1. The molecule has 25 heavy (non-hydrogen) atoms. The summed E-state index contributed by atoms with van der Waals surface area (Å²) in [6, 6.07) is 8.37. The molecule has 0 saturated heterocycles. The third-order valence-electron chi connectivity index (χ3n) is 3.67. The molecule has 0 aliphatic carbocycles. The highest BCUT2D eigenvalue weighted by Crippen LogP contribution is 2.27. The molecule has 4 rings (SSSR count). The number of fused-ring (bicyclic) bond motifs is 1. The molecule has 126 valence electrons.